The third-order valence-corrected chi connectivity index (χ3v) is 5.49. The van der Waals surface area contributed by atoms with Crippen molar-refractivity contribution in [1.82, 2.24) is 5.32 Å². The van der Waals surface area contributed by atoms with E-state index in [9.17, 15) is 9.59 Å². The Morgan fingerprint density at radius 2 is 1.81 bits per heavy atom. The van der Waals surface area contributed by atoms with E-state index < -0.39 is 11.9 Å². The van der Waals surface area contributed by atoms with Crippen molar-refractivity contribution >= 4 is 40.7 Å². The molecule has 27 heavy (non-hydrogen) atoms. The summed E-state index contributed by atoms with van der Waals surface area (Å²) in [6.07, 6.45) is 0. The molecule has 0 radical (unpaired) electrons. The summed E-state index contributed by atoms with van der Waals surface area (Å²) in [5.74, 6) is -1.28. The zero-order chi connectivity index (χ0) is 19.3. The van der Waals surface area contributed by atoms with Crippen molar-refractivity contribution in [2.45, 2.75) is 12.8 Å². The first-order valence-corrected chi connectivity index (χ1v) is 9.09. The van der Waals surface area contributed by atoms with Crippen molar-refractivity contribution in [3.05, 3.63) is 86.0 Å². The van der Waals surface area contributed by atoms with Gasteiger partial charge in [-0.3, -0.25) is 4.79 Å². The summed E-state index contributed by atoms with van der Waals surface area (Å²) in [5, 5.41) is 4.10. The first-order valence-electron chi connectivity index (χ1n) is 8.33. The molecular weight excluding hydrogens is 385 g/mol. The summed E-state index contributed by atoms with van der Waals surface area (Å²) in [7, 11) is 1.32. The van der Waals surface area contributed by atoms with Gasteiger partial charge in [0, 0.05) is 32.4 Å². The van der Waals surface area contributed by atoms with Gasteiger partial charge in [0.25, 0.3) is 0 Å². The Balaban J connectivity index is 1.99. The van der Waals surface area contributed by atoms with E-state index in [4.69, 9.17) is 27.9 Å². The molecule has 1 aliphatic heterocycles. The number of dihydropyridines is 1. The molecule has 1 N–H and O–H groups in total. The van der Waals surface area contributed by atoms with Crippen LogP contribution in [-0.2, 0) is 9.53 Å². The SMILES string of the molecule is COC(=O)C1=C(C)NC2=C(C(=O)c3ccccc32)[C@H]1c1ccc(Cl)cc1Cl. The van der Waals surface area contributed by atoms with Gasteiger partial charge < -0.3 is 10.1 Å². The summed E-state index contributed by atoms with van der Waals surface area (Å²) in [6.45, 7) is 1.79. The number of carbonyl (C=O) groups excluding carboxylic acids is 2. The van der Waals surface area contributed by atoms with Crippen LogP contribution in [-0.4, -0.2) is 18.9 Å². The predicted molar refractivity (Wildman–Crippen MR) is 105 cm³/mol. The molecule has 0 spiro atoms. The predicted octanol–water partition coefficient (Wildman–Crippen LogP) is 4.73. The smallest absolute Gasteiger partial charge is 0.336 e. The first kappa shape index (κ1) is 17.8. The van der Waals surface area contributed by atoms with Crippen LogP contribution in [0.25, 0.3) is 5.70 Å². The van der Waals surface area contributed by atoms with E-state index in [2.05, 4.69) is 5.32 Å². The second-order valence-electron chi connectivity index (χ2n) is 6.42. The maximum atomic E-state index is 13.2. The summed E-state index contributed by atoms with van der Waals surface area (Å²) in [4.78, 5) is 25.8. The molecule has 2 aromatic carbocycles. The number of hydrogen-bond donors (Lipinski definition) is 1. The molecule has 0 aromatic heterocycles. The molecule has 1 heterocycles. The number of carbonyl (C=O) groups is 2. The number of methoxy groups -OCH3 is 1. The Bertz CT molecular complexity index is 1070. The molecule has 4 rings (SSSR count). The molecule has 0 fully saturated rings. The van der Waals surface area contributed by atoms with E-state index in [1.165, 1.54) is 7.11 Å². The molecule has 1 aliphatic carbocycles. The summed E-state index contributed by atoms with van der Waals surface area (Å²) < 4.78 is 5.00. The molecule has 2 aliphatic rings. The van der Waals surface area contributed by atoms with Crippen molar-refractivity contribution in [3.63, 3.8) is 0 Å². The molecule has 136 valence electrons. The van der Waals surface area contributed by atoms with Gasteiger partial charge in [-0.25, -0.2) is 4.79 Å². The van der Waals surface area contributed by atoms with Gasteiger partial charge in [-0.05, 0) is 24.6 Å². The minimum Gasteiger partial charge on any atom is -0.466 e. The van der Waals surface area contributed by atoms with Crippen LogP contribution in [0.15, 0.2) is 59.3 Å². The standard InChI is InChI=1S/C21H15Cl2NO3/c1-10-16(21(26)27-2)17(14-8-7-11(22)9-15(14)23)18-19(24-10)12-5-3-4-6-13(12)20(18)25/h3-9,17,24H,1-2H3/t17-/m0/s1. The average molecular weight is 400 g/mol. The van der Waals surface area contributed by atoms with Crippen molar-refractivity contribution in [2.24, 2.45) is 0 Å². The van der Waals surface area contributed by atoms with Crippen molar-refractivity contribution in [1.29, 1.82) is 0 Å². The van der Waals surface area contributed by atoms with Crippen LogP contribution in [0.1, 0.15) is 34.3 Å². The number of esters is 1. The third-order valence-electron chi connectivity index (χ3n) is 4.93. The first-order chi connectivity index (χ1) is 12.9. The van der Waals surface area contributed by atoms with E-state index in [1.54, 1.807) is 31.2 Å². The zero-order valence-electron chi connectivity index (χ0n) is 14.6. The molecule has 0 unspecified atom stereocenters. The molecule has 1 atom stereocenters. The molecule has 4 nitrogen and oxygen atoms in total. The Hall–Kier alpha value is -2.56. The number of hydrogen-bond acceptors (Lipinski definition) is 4. The highest BCUT2D eigenvalue weighted by Gasteiger charge is 2.43. The quantitative estimate of drug-likeness (QED) is 0.741. The van der Waals surface area contributed by atoms with Crippen LogP contribution in [0.3, 0.4) is 0 Å². The molecule has 0 saturated heterocycles. The van der Waals surface area contributed by atoms with Crippen LogP contribution in [0.4, 0.5) is 0 Å². The maximum Gasteiger partial charge on any atom is 0.336 e. The van der Waals surface area contributed by atoms with Crippen molar-refractivity contribution in [2.75, 3.05) is 7.11 Å². The van der Waals surface area contributed by atoms with Gasteiger partial charge in [0.2, 0.25) is 0 Å². The monoisotopic (exact) mass is 399 g/mol. The van der Waals surface area contributed by atoms with Crippen LogP contribution in [0.2, 0.25) is 10.0 Å². The van der Waals surface area contributed by atoms with Gasteiger partial charge in [-0.1, -0.05) is 53.5 Å². The fourth-order valence-corrected chi connectivity index (χ4v) is 4.27. The number of fused-ring (bicyclic) bond motifs is 2. The number of halogens is 2. The second-order valence-corrected chi connectivity index (χ2v) is 7.26. The molecule has 6 heteroatoms. The van der Waals surface area contributed by atoms with Gasteiger partial charge in [0.1, 0.15) is 0 Å². The number of allylic oxidation sites excluding steroid dienone is 2. The summed E-state index contributed by atoms with van der Waals surface area (Å²) >= 11 is 12.5. The van der Waals surface area contributed by atoms with Crippen LogP contribution in [0.5, 0.6) is 0 Å². The minimum absolute atomic E-state index is 0.127. The largest absolute Gasteiger partial charge is 0.466 e. The van der Waals surface area contributed by atoms with Crippen LogP contribution < -0.4 is 5.32 Å². The highest BCUT2D eigenvalue weighted by atomic mass is 35.5. The topological polar surface area (TPSA) is 55.4 Å². The molecule has 0 saturated carbocycles. The summed E-state index contributed by atoms with van der Waals surface area (Å²) in [6, 6.07) is 12.4. The van der Waals surface area contributed by atoms with Gasteiger partial charge in [0.05, 0.1) is 24.3 Å². The minimum atomic E-state index is -0.640. The number of ketones is 1. The summed E-state index contributed by atoms with van der Waals surface area (Å²) in [5.41, 5.74) is 4.24. The molecule has 0 bridgehead atoms. The normalized spacial score (nSPS) is 18.2. The Morgan fingerprint density at radius 3 is 2.48 bits per heavy atom. The van der Waals surface area contributed by atoms with E-state index >= 15 is 0 Å². The Kier molecular flexibility index (Phi) is 4.33. The fourth-order valence-electron chi connectivity index (χ4n) is 3.76. The van der Waals surface area contributed by atoms with Gasteiger partial charge in [-0.2, -0.15) is 0 Å². The number of Topliss-reactive ketones (excluding diaryl/α,β-unsaturated/α-hetero) is 1. The number of rotatable bonds is 2. The number of nitrogens with one attached hydrogen (secondary N) is 1. The molecule has 2 aromatic rings. The third kappa shape index (κ3) is 2.68. The molecule has 0 amide bonds. The van der Waals surface area contributed by atoms with Gasteiger partial charge in [-0.15, -0.1) is 0 Å². The lowest BCUT2D eigenvalue weighted by molar-refractivity contribution is -0.136. The van der Waals surface area contributed by atoms with E-state index in [1.807, 2.05) is 18.2 Å². The van der Waals surface area contributed by atoms with Crippen molar-refractivity contribution in [3.8, 4) is 0 Å². The van der Waals surface area contributed by atoms with Crippen LogP contribution in [0, 0.1) is 0 Å². The van der Waals surface area contributed by atoms with Crippen molar-refractivity contribution < 1.29 is 14.3 Å². The Morgan fingerprint density at radius 1 is 1.11 bits per heavy atom. The lowest BCUT2D eigenvalue weighted by atomic mass is 9.80. The highest BCUT2D eigenvalue weighted by molar-refractivity contribution is 6.35. The number of benzene rings is 2. The van der Waals surface area contributed by atoms with Gasteiger partial charge >= 0.3 is 5.97 Å². The average Bonchev–Trinajstić information content (AvgIpc) is 2.93. The highest BCUT2D eigenvalue weighted by Crippen LogP contribution is 2.48. The van der Waals surface area contributed by atoms with E-state index in [0.717, 1.165) is 5.56 Å². The second kappa shape index (κ2) is 6.55. The Labute approximate surface area is 166 Å². The fraction of sp³-hybridized carbons (Fsp3) is 0.143. The van der Waals surface area contributed by atoms with Crippen LogP contribution >= 0.6 is 23.2 Å². The van der Waals surface area contributed by atoms with Gasteiger partial charge in [0.15, 0.2) is 5.78 Å². The zero-order valence-corrected chi connectivity index (χ0v) is 16.1. The maximum absolute atomic E-state index is 13.2. The number of ether oxygens (including phenoxy) is 1. The van der Waals surface area contributed by atoms with E-state index in [0.29, 0.717) is 43.7 Å². The lowest BCUT2D eigenvalue weighted by Crippen LogP contribution is -2.29. The molecular formula is C21H15Cl2NO3. The lowest BCUT2D eigenvalue weighted by Gasteiger charge is -2.29. The van der Waals surface area contributed by atoms with E-state index in [-0.39, 0.29) is 5.78 Å².